The first-order valence-electron chi connectivity index (χ1n) is 6.66. The highest BCUT2D eigenvalue weighted by Crippen LogP contribution is 2.22. The number of halogens is 2. The molecule has 0 spiro atoms. The first-order valence-corrected chi connectivity index (χ1v) is 7.42. The van der Waals surface area contributed by atoms with Crippen molar-refractivity contribution < 1.29 is 9.59 Å². The number of amides is 2. The maximum absolute atomic E-state index is 11.9. The largest absolute Gasteiger partial charge is 0.343 e. The molecule has 2 N–H and O–H groups in total. The summed E-state index contributed by atoms with van der Waals surface area (Å²) in [5.74, 6) is -0.864. The van der Waals surface area contributed by atoms with Gasteiger partial charge in [-0.05, 0) is 23.8 Å². The molecule has 2 aromatic rings. The summed E-state index contributed by atoms with van der Waals surface area (Å²) in [6, 6.07) is 13.8. The molecule has 0 aromatic heterocycles. The lowest BCUT2D eigenvalue weighted by Gasteiger charge is -2.05. The average molecular weight is 350 g/mol. The fourth-order valence-corrected chi connectivity index (χ4v) is 1.96. The number of nitrogens with zero attached hydrogens (tertiary/aromatic N) is 1. The number of hydrogen-bond donors (Lipinski definition) is 2. The average Bonchev–Trinajstić information content (AvgIpc) is 2.56. The molecule has 0 saturated heterocycles. The number of nitrogens with one attached hydrogen (secondary N) is 2. The van der Waals surface area contributed by atoms with Gasteiger partial charge in [-0.25, -0.2) is 5.43 Å². The van der Waals surface area contributed by atoms with E-state index in [1.54, 1.807) is 0 Å². The van der Waals surface area contributed by atoms with Gasteiger partial charge in [0.25, 0.3) is 11.8 Å². The van der Waals surface area contributed by atoms with Crippen molar-refractivity contribution in [3.05, 3.63) is 69.7 Å². The summed E-state index contributed by atoms with van der Waals surface area (Å²) >= 11 is 11.6. The van der Waals surface area contributed by atoms with E-state index in [9.17, 15) is 9.59 Å². The summed E-state index contributed by atoms with van der Waals surface area (Å²) < 4.78 is 0. The zero-order valence-corrected chi connectivity index (χ0v) is 13.4. The Kier molecular flexibility index (Phi) is 6.14. The normalized spacial score (nSPS) is 10.5. The predicted molar refractivity (Wildman–Crippen MR) is 91.0 cm³/mol. The van der Waals surface area contributed by atoms with Crippen LogP contribution in [0.2, 0.25) is 10.0 Å². The minimum absolute atomic E-state index is 0.203. The molecule has 0 bridgehead atoms. The second-order valence-electron chi connectivity index (χ2n) is 4.52. The van der Waals surface area contributed by atoms with Gasteiger partial charge >= 0.3 is 0 Å². The van der Waals surface area contributed by atoms with Gasteiger partial charge in [0.2, 0.25) is 0 Å². The lowest BCUT2D eigenvalue weighted by Crippen LogP contribution is -2.34. The van der Waals surface area contributed by atoms with Crippen LogP contribution in [0.1, 0.15) is 15.9 Å². The van der Waals surface area contributed by atoms with Crippen molar-refractivity contribution in [2.45, 2.75) is 0 Å². The number of benzene rings is 2. The quantitative estimate of drug-likeness (QED) is 0.643. The molecule has 2 aromatic carbocycles. The fourth-order valence-electron chi connectivity index (χ4n) is 1.66. The van der Waals surface area contributed by atoms with Crippen molar-refractivity contribution >= 4 is 41.2 Å². The van der Waals surface area contributed by atoms with Crippen molar-refractivity contribution in [2.75, 3.05) is 6.54 Å². The van der Waals surface area contributed by atoms with E-state index in [-0.39, 0.29) is 11.6 Å². The molecule has 0 fully saturated rings. The number of carbonyl (C=O) groups is 2. The molecule has 0 saturated carbocycles. The maximum atomic E-state index is 11.9. The summed E-state index contributed by atoms with van der Waals surface area (Å²) in [5.41, 5.74) is 3.50. The smallest absolute Gasteiger partial charge is 0.259 e. The third-order valence-corrected chi connectivity index (χ3v) is 3.53. The molecule has 23 heavy (non-hydrogen) atoms. The van der Waals surface area contributed by atoms with Gasteiger partial charge < -0.3 is 5.32 Å². The molecule has 7 heteroatoms. The summed E-state index contributed by atoms with van der Waals surface area (Å²) in [5, 5.41) is 6.90. The predicted octanol–water partition coefficient (Wildman–Crippen LogP) is 2.87. The molecule has 0 aliphatic heterocycles. The van der Waals surface area contributed by atoms with Crippen LogP contribution >= 0.6 is 23.2 Å². The van der Waals surface area contributed by atoms with Crippen molar-refractivity contribution in [2.24, 2.45) is 5.10 Å². The Morgan fingerprint density at radius 1 is 1.04 bits per heavy atom. The molecule has 0 atom stereocenters. The van der Waals surface area contributed by atoms with Gasteiger partial charge in [-0.2, -0.15) is 5.10 Å². The number of carbonyl (C=O) groups excluding carboxylic acids is 2. The number of hydrazone groups is 1. The summed E-state index contributed by atoms with van der Waals surface area (Å²) in [7, 11) is 0. The van der Waals surface area contributed by atoms with E-state index in [0.29, 0.717) is 10.6 Å². The van der Waals surface area contributed by atoms with Crippen LogP contribution in [0.5, 0.6) is 0 Å². The molecule has 0 aliphatic carbocycles. The Balaban J connectivity index is 1.80. The van der Waals surface area contributed by atoms with Gasteiger partial charge in [0.15, 0.2) is 0 Å². The van der Waals surface area contributed by atoms with E-state index in [2.05, 4.69) is 15.8 Å². The molecule has 2 rings (SSSR count). The standard InChI is InChI=1S/C16H13Cl2N3O2/c17-13-7-6-12(8-14(13)18)16(23)19-10-15(22)21-20-9-11-4-2-1-3-5-11/h1-9H,10H2,(H,19,23)(H,21,22)/b20-9+. The minimum Gasteiger partial charge on any atom is -0.343 e. The highest BCUT2D eigenvalue weighted by Gasteiger charge is 2.09. The lowest BCUT2D eigenvalue weighted by molar-refractivity contribution is -0.120. The Bertz CT molecular complexity index is 733. The molecular weight excluding hydrogens is 337 g/mol. The van der Waals surface area contributed by atoms with E-state index in [1.807, 2.05) is 30.3 Å². The van der Waals surface area contributed by atoms with Gasteiger partial charge in [-0.3, -0.25) is 9.59 Å². The van der Waals surface area contributed by atoms with E-state index in [0.717, 1.165) is 5.56 Å². The molecule has 0 heterocycles. The first kappa shape index (κ1) is 17.0. The summed E-state index contributed by atoms with van der Waals surface area (Å²) in [6.07, 6.45) is 1.51. The molecule has 0 radical (unpaired) electrons. The molecule has 0 aliphatic rings. The first-order chi connectivity index (χ1) is 11.1. The zero-order valence-electron chi connectivity index (χ0n) is 11.9. The summed E-state index contributed by atoms with van der Waals surface area (Å²) in [6.45, 7) is -0.203. The fraction of sp³-hybridized carbons (Fsp3) is 0.0625. The van der Waals surface area contributed by atoms with Crippen LogP contribution in [0.4, 0.5) is 0 Å². The zero-order chi connectivity index (χ0) is 16.7. The Morgan fingerprint density at radius 2 is 1.78 bits per heavy atom. The van der Waals surface area contributed by atoms with Crippen LogP contribution in [-0.4, -0.2) is 24.6 Å². The van der Waals surface area contributed by atoms with Crippen molar-refractivity contribution in [1.82, 2.24) is 10.7 Å². The van der Waals surface area contributed by atoms with Crippen molar-refractivity contribution in [3.63, 3.8) is 0 Å². The highest BCUT2D eigenvalue weighted by molar-refractivity contribution is 6.42. The monoisotopic (exact) mass is 349 g/mol. The maximum Gasteiger partial charge on any atom is 0.259 e. The third kappa shape index (κ3) is 5.39. The Hall–Kier alpha value is -2.37. The van der Waals surface area contributed by atoms with Crippen LogP contribution < -0.4 is 10.7 Å². The molecule has 5 nitrogen and oxygen atoms in total. The van der Waals surface area contributed by atoms with E-state index in [4.69, 9.17) is 23.2 Å². The van der Waals surface area contributed by atoms with Gasteiger partial charge in [0, 0.05) is 5.56 Å². The van der Waals surface area contributed by atoms with Crippen molar-refractivity contribution in [1.29, 1.82) is 0 Å². The van der Waals surface area contributed by atoms with E-state index >= 15 is 0 Å². The molecular formula is C16H13Cl2N3O2. The number of rotatable bonds is 5. The molecule has 118 valence electrons. The Labute approximate surface area is 143 Å². The van der Waals surface area contributed by atoms with Crippen LogP contribution in [0.3, 0.4) is 0 Å². The van der Waals surface area contributed by atoms with Gasteiger partial charge in [-0.15, -0.1) is 0 Å². The van der Waals surface area contributed by atoms with Gasteiger partial charge in [-0.1, -0.05) is 53.5 Å². The molecule has 0 unspecified atom stereocenters. The topological polar surface area (TPSA) is 70.6 Å². The molecule has 2 amide bonds. The lowest BCUT2D eigenvalue weighted by atomic mass is 10.2. The summed E-state index contributed by atoms with van der Waals surface area (Å²) in [4.78, 5) is 23.5. The van der Waals surface area contributed by atoms with Crippen LogP contribution in [0, 0.1) is 0 Å². The van der Waals surface area contributed by atoms with Gasteiger partial charge in [0.05, 0.1) is 22.8 Å². The Morgan fingerprint density at radius 3 is 2.48 bits per heavy atom. The minimum atomic E-state index is -0.439. The van der Waals surface area contributed by atoms with Gasteiger partial charge in [0.1, 0.15) is 0 Å². The third-order valence-electron chi connectivity index (χ3n) is 2.79. The number of hydrogen-bond acceptors (Lipinski definition) is 3. The van der Waals surface area contributed by atoms with E-state index < -0.39 is 11.8 Å². The van der Waals surface area contributed by atoms with Crippen molar-refractivity contribution in [3.8, 4) is 0 Å². The highest BCUT2D eigenvalue weighted by atomic mass is 35.5. The second kappa shape index (κ2) is 8.31. The van der Waals surface area contributed by atoms with Crippen LogP contribution in [0.15, 0.2) is 53.6 Å². The van der Waals surface area contributed by atoms with Crippen LogP contribution in [-0.2, 0) is 4.79 Å². The second-order valence-corrected chi connectivity index (χ2v) is 5.33. The SMILES string of the molecule is O=C(CNC(=O)c1ccc(Cl)c(Cl)c1)N/N=C/c1ccccc1. The van der Waals surface area contributed by atoms with Crippen LogP contribution in [0.25, 0.3) is 0 Å². The van der Waals surface area contributed by atoms with E-state index in [1.165, 1.54) is 24.4 Å².